The van der Waals surface area contributed by atoms with Crippen LogP contribution in [0.1, 0.15) is 31.9 Å². The quantitative estimate of drug-likeness (QED) is 0.859. The molecular formula is C18H25N3O4. The molecule has 1 aromatic heterocycles. The molecule has 2 rings (SSSR count). The number of carbonyl (C=O) groups is 2. The van der Waals surface area contributed by atoms with Gasteiger partial charge in [-0.05, 0) is 44.9 Å². The highest BCUT2D eigenvalue weighted by Crippen LogP contribution is 2.20. The van der Waals surface area contributed by atoms with Gasteiger partial charge in [-0.2, -0.15) is 5.10 Å². The predicted molar refractivity (Wildman–Crippen MR) is 94.3 cm³/mol. The van der Waals surface area contributed by atoms with Gasteiger partial charge < -0.3 is 14.8 Å². The van der Waals surface area contributed by atoms with E-state index in [9.17, 15) is 9.59 Å². The zero-order valence-corrected chi connectivity index (χ0v) is 15.5. The van der Waals surface area contributed by atoms with E-state index in [1.54, 1.807) is 25.5 Å². The van der Waals surface area contributed by atoms with E-state index in [2.05, 4.69) is 10.4 Å². The smallest absolute Gasteiger partial charge is 0.408 e. The summed E-state index contributed by atoms with van der Waals surface area (Å²) < 4.78 is 11.8. The minimum atomic E-state index is -0.826. The number of rotatable bonds is 4. The molecule has 0 aliphatic heterocycles. The second kappa shape index (κ2) is 7.13. The molecule has 0 spiro atoms. The number of hydrogen-bond donors (Lipinski definition) is 1. The van der Waals surface area contributed by atoms with Crippen LogP contribution in [-0.4, -0.2) is 40.6 Å². The predicted octanol–water partition coefficient (Wildman–Crippen LogP) is 2.49. The molecule has 1 N–H and O–H groups in total. The Morgan fingerprint density at radius 2 is 2.00 bits per heavy atom. The molecule has 0 bridgehead atoms. The van der Waals surface area contributed by atoms with Crippen molar-refractivity contribution in [1.29, 1.82) is 0 Å². The Hall–Kier alpha value is -2.57. The third-order valence-corrected chi connectivity index (χ3v) is 3.59. The van der Waals surface area contributed by atoms with Gasteiger partial charge in [-0.25, -0.2) is 9.59 Å². The van der Waals surface area contributed by atoms with Crippen molar-refractivity contribution in [3.05, 3.63) is 29.5 Å². The van der Waals surface area contributed by atoms with Gasteiger partial charge in [0.1, 0.15) is 11.6 Å². The number of methoxy groups -OCH3 is 1. The van der Waals surface area contributed by atoms with Gasteiger partial charge in [0, 0.05) is 25.1 Å². The van der Waals surface area contributed by atoms with Gasteiger partial charge >= 0.3 is 12.1 Å². The number of nitrogens with one attached hydrogen (secondary N) is 1. The van der Waals surface area contributed by atoms with Gasteiger partial charge in [0.05, 0.1) is 12.6 Å². The van der Waals surface area contributed by atoms with Crippen LogP contribution in [0.25, 0.3) is 10.9 Å². The molecule has 0 radical (unpaired) electrons. The van der Waals surface area contributed by atoms with Crippen molar-refractivity contribution in [1.82, 2.24) is 15.1 Å². The Balaban J connectivity index is 2.22. The van der Waals surface area contributed by atoms with Crippen LogP contribution in [0.5, 0.6) is 0 Å². The highest BCUT2D eigenvalue weighted by atomic mass is 16.6. The van der Waals surface area contributed by atoms with E-state index in [0.29, 0.717) is 6.42 Å². The first-order valence-corrected chi connectivity index (χ1v) is 8.09. The van der Waals surface area contributed by atoms with Crippen LogP contribution in [0.2, 0.25) is 0 Å². The number of esters is 1. The summed E-state index contributed by atoms with van der Waals surface area (Å²) >= 11 is 0. The lowest BCUT2D eigenvalue weighted by molar-refractivity contribution is -0.143. The Morgan fingerprint density at radius 1 is 1.32 bits per heavy atom. The van der Waals surface area contributed by atoms with E-state index >= 15 is 0 Å². The molecule has 0 aliphatic rings. The molecular weight excluding hydrogens is 322 g/mol. The fourth-order valence-electron chi connectivity index (χ4n) is 2.65. The van der Waals surface area contributed by atoms with Crippen LogP contribution in [0.4, 0.5) is 4.79 Å². The minimum Gasteiger partial charge on any atom is -0.467 e. The first-order valence-electron chi connectivity index (χ1n) is 8.09. The number of hydrogen-bond acceptors (Lipinski definition) is 5. The molecule has 7 heteroatoms. The van der Waals surface area contributed by atoms with Crippen molar-refractivity contribution in [2.45, 2.75) is 45.8 Å². The topological polar surface area (TPSA) is 82.5 Å². The lowest BCUT2D eigenvalue weighted by Crippen LogP contribution is -2.45. The third kappa shape index (κ3) is 4.95. The zero-order chi connectivity index (χ0) is 18.8. The molecule has 1 aromatic carbocycles. The molecule has 1 unspecified atom stereocenters. The highest BCUT2D eigenvalue weighted by molar-refractivity contribution is 5.84. The Morgan fingerprint density at radius 3 is 2.60 bits per heavy atom. The fraction of sp³-hybridized carbons (Fsp3) is 0.500. The number of amides is 1. The average Bonchev–Trinajstić information content (AvgIpc) is 2.84. The van der Waals surface area contributed by atoms with Gasteiger partial charge in [0.2, 0.25) is 0 Å². The molecule has 0 fully saturated rings. The molecule has 0 aliphatic carbocycles. The lowest BCUT2D eigenvalue weighted by atomic mass is 10.0. The molecule has 7 nitrogen and oxygen atoms in total. The van der Waals surface area contributed by atoms with Gasteiger partial charge in [-0.3, -0.25) is 4.68 Å². The summed E-state index contributed by atoms with van der Waals surface area (Å²) in [5.74, 6) is -0.519. The van der Waals surface area contributed by atoms with Crippen LogP contribution >= 0.6 is 0 Å². The highest BCUT2D eigenvalue weighted by Gasteiger charge is 2.25. The van der Waals surface area contributed by atoms with Crippen LogP contribution < -0.4 is 5.32 Å². The lowest BCUT2D eigenvalue weighted by Gasteiger charge is -2.22. The van der Waals surface area contributed by atoms with Crippen molar-refractivity contribution in [3.8, 4) is 0 Å². The second-order valence-electron chi connectivity index (χ2n) is 7.08. The summed E-state index contributed by atoms with van der Waals surface area (Å²) in [6.45, 7) is 7.26. The summed E-state index contributed by atoms with van der Waals surface area (Å²) in [6.07, 6.45) is 1.57. The average molecular weight is 347 g/mol. The third-order valence-electron chi connectivity index (χ3n) is 3.59. The summed E-state index contributed by atoms with van der Waals surface area (Å²) in [7, 11) is 3.15. The summed E-state index contributed by atoms with van der Waals surface area (Å²) in [6, 6.07) is 3.10. The van der Waals surface area contributed by atoms with Crippen molar-refractivity contribution in [3.63, 3.8) is 0 Å². The second-order valence-corrected chi connectivity index (χ2v) is 7.08. The number of aryl methyl sites for hydroxylation is 2. The maximum Gasteiger partial charge on any atom is 0.408 e. The monoisotopic (exact) mass is 347 g/mol. The van der Waals surface area contributed by atoms with Gasteiger partial charge in [0.15, 0.2) is 0 Å². The number of benzene rings is 1. The number of carbonyl (C=O) groups excluding carboxylic acids is 2. The standard InChI is InChI=1S/C18H25N3O4/c1-11-7-12(8-13-10-21(5)20-15(11)13)9-14(16(22)24-6)19-17(23)25-18(2,3)4/h7-8,10,14H,9H2,1-6H3,(H,19,23). The van der Waals surface area contributed by atoms with E-state index in [-0.39, 0.29) is 0 Å². The first kappa shape index (κ1) is 18.8. The van der Waals surface area contributed by atoms with E-state index in [1.807, 2.05) is 32.3 Å². The maximum absolute atomic E-state index is 12.1. The molecule has 0 saturated carbocycles. The van der Waals surface area contributed by atoms with E-state index in [0.717, 1.165) is 22.0 Å². The van der Waals surface area contributed by atoms with E-state index < -0.39 is 23.7 Å². The zero-order valence-electron chi connectivity index (χ0n) is 15.5. The molecule has 25 heavy (non-hydrogen) atoms. The Bertz CT molecular complexity index is 789. The molecule has 136 valence electrons. The van der Waals surface area contributed by atoms with Crippen LogP contribution in [0, 0.1) is 6.92 Å². The number of nitrogens with zero attached hydrogens (tertiary/aromatic N) is 2. The van der Waals surface area contributed by atoms with Crippen LogP contribution in [0.15, 0.2) is 18.3 Å². The van der Waals surface area contributed by atoms with E-state index in [4.69, 9.17) is 9.47 Å². The molecule has 1 amide bonds. The van der Waals surface area contributed by atoms with E-state index in [1.165, 1.54) is 7.11 Å². The summed E-state index contributed by atoms with van der Waals surface area (Å²) in [4.78, 5) is 24.1. The first-order chi connectivity index (χ1) is 11.6. The molecule has 1 atom stereocenters. The normalized spacial score (nSPS) is 12.7. The molecule has 0 saturated heterocycles. The number of alkyl carbamates (subject to hydrolysis) is 1. The number of aromatic nitrogens is 2. The Labute approximate surface area is 147 Å². The summed E-state index contributed by atoms with van der Waals surface area (Å²) in [5, 5.41) is 7.98. The Kier molecular flexibility index (Phi) is 5.35. The maximum atomic E-state index is 12.1. The minimum absolute atomic E-state index is 0.303. The fourth-order valence-corrected chi connectivity index (χ4v) is 2.65. The number of ether oxygens (including phenoxy) is 2. The largest absolute Gasteiger partial charge is 0.467 e. The number of fused-ring (bicyclic) bond motifs is 1. The van der Waals surface area contributed by atoms with Crippen molar-refractivity contribution < 1.29 is 19.1 Å². The van der Waals surface area contributed by atoms with Crippen molar-refractivity contribution >= 4 is 23.0 Å². The summed E-state index contributed by atoms with van der Waals surface area (Å²) in [5.41, 5.74) is 2.19. The molecule has 2 aromatic rings. The van der Waals surface area contributed by atoms with Gasteiger partial charge in [-0.15, -0.1) is 0 Å². The SMILES string of the molecule is COC(=O)C(Cc1cc(C)c2nn(C)cc2c1)NC(=O)OC(C)(C)C. The van der Waals surface area contributed by atoms with Gasteiger partial charge in [-0.1, -0.05) is 6.07 Å². The van der Waals surface area contributed by atoms with Crippen molar-refractivity contribution in [2.24, 2.45) is 7.05 Å². The van der Waals surface area contributed by atoms with Crippen LogP contribution in [0.3, 0.4) is 0 Å². The van der Waals surface area contributed by atoms with Crippen molar-refractivity contribution in [2.75, 3.05) is 7.11 Å². The van der Waals surface area contributed by atoms with Crippen LogP contribution in [-0.2, 0) is 27.7 Å². The molecule has 1 heterocycles. The van der Waals surface area contributed by atoms with Gasteiger partial charge in [0.25, 0.3) is 0 Å².